The van der Waals surface area contributed by atoms with Crippen LogP contribution in [0.2, 0.25) is 10.0 Å². The Bertz CT molecular complexity index is 984. The third-order valence-electron chi connectivity index (χ3n) is 3.68. The number of aromatic nitrogens is 2. The van der Waals surface area contributed by atoms with Crippen LogP contribution in [0.1, 0.15) is 34.5 Å². The van der Waals surface area contributed by atoms with Crippen LogP contribution in [-0.4, -0.2) is 27.7 Å². The molecule has 1 aromatic carbocycles. The van der Waals surface area contributed by atoms with E-state index in [9.17, 15) is 9.59 Å². The lowest BCUT2D eigenvalue weighted by Gasteiger charge is -2.05. The number of halogens is 2. The number of nitrogens with zero attached hydrogens (tertiary/aromatic N) is 2. The summed E-state index contributed by atoms with van der Waals surface area (Å²) in [5, 5.41) is 6.22. The number of carbonyl (C=O) groups is 2. The molecule has 0 saturated carbocycles. The summed E-state index contributed by atoms with van der Waals surface area (Å²) in [6.07, 6.45) is 2.49. The topological polar surface area (TPSA) is 75.5 Å². The second-order valence-corrected chi connectivity index (χ2v) is 6.39. The number of imidazole rings is 1. The summed E-state index contributed by atoms with van der Waals surface area (Å²) in [5.74, 6) is -0.670. The van der Waals surface area contributed by atoms with Gasteiger partial charge in [-0.2, -0.15) is 0 Å². The molecule has 2 amide bonds. The van der Waals surface area contributed by atoms with Gasteiger partial charge in [0.25, 0.3) is 11.8 Å². The van der Waals surface area contributed by atoms with Crippen LogP contribution < -0.4 is 10.6 Å². The smallest absolute Gasteiger partial charge is 0.292 e. The molecular formula is C18H16Cl2N4O2. The molecule has 0 aliphatic carbocycles. The van der Waals surface area contributed by atoms with Crippen molar-refractivity contribution in [2.24, 2.45) is 0 Å². The van der Waals surface area contributed by atoms with Crippen molar-refractivity contribution in [2.75, 3.05) is 11.9 Å². The van der Waals surface area contributed by atoms with Gasteiger partial charge in [0.15, 0.2) is 5.69 Å². The molecule has 0 radical (unpaired) electrons. The van der Waals surface area contributed by atoms with Gasteiger partial charge in [-0.1, -0.05) is 36.2 Å². The summed E-state index contributed by atoms with van der Waals surface area (Å²) >= 11 is 11.9. The molecule has 0 unspecified atom stereocenters. The number of rotatable bonds is 5. The van der Waals surface area contributed by atoms with E-state index in [0.29, 0.717) is 27.8 Å². The van der Waals surface area contributed by atoms with Gasteiger partial charge >= 0.3 is 0 Å². The lowest BCUT2D eigenvalue weighted by Crippen LogP contribution is -2.24. The summed E-state index contributed by atoms with van der Waals surface area (Å²) in [5.41, 5.74) is 1.24. The van der Waals surface area contributed by atoms with Crippen molar-refractivity contribution in [2.45, 2.75) is 13.3 Å². The maximum absolute atomic E-state index is 12.7. The van der Waals surface area contributed by atoms with E-state index in [4.69, 9.17) is 23.2 Å². The molecule has 6 nitrogen and oxygen atoms in total. The zero-order chi connectivity index (χ0) is 18.7. The molecule has 0 spiro atoms. The van der Waals surface area contributed by atoms with Crippen LogP contribution in [0.15, 0.2) is 42.6 Å². The van der Waals surface area contributed by atoms with Gasteiger partial charge in [0.2, 0.25) is 5.82 Å². The summed E-state index contributed by atoms with van der Waals surface area (Å²) in [4.78, 5) is 29.3. The Morgan fingerprint density at radius 3 is 2.65 bits per heavy atom. The van der Waals surface area contributed by atoms with Crippen molar-refractivity contribution in [3.8, 4) is 0 Å². The largest absolute Gasteiger partial charge is 0.351 e. The van der Waals surface area contributed by atoms with Gasteiger partial charge in [0.1, 0.15) is 0 Å². The number of hydrogen-bond donors (Lipinski definition) is 2. The Balaban J connectivity index is 1.95. The van der Waals surface area contributed by atoms with Crippen LogP contribution in [0.3, 0.4) is 0 Å². The van der Waals surface area contributed by atoms with Crippen molar-refractivity contribution in [3.05, 3.63) is 64.2 Å². The summed E-state index contributed by atoms with van der Waals surface area (Å²) < 4.78 is 1.58. The average molecular weight is 391 g/mol. The predicted molar refractivity (Wildman–Crippen MR) is 102 cm³/mol. The Morgan fingerprint density at radius 2 is 1.92 bits per heavy atom. The monoisotopic (exact) mass is 390 g/mol. The highest BCUT2D eigenvalue weighted by molar-refractivity contribution is 6.42. The molecule has 0 fully saturated rings. The third-order valence-corrected chi connectivity index (χ3v) is 4.42. The van der Waals surface area contributed by atoms with E-state index in [0.717, 1.165) is 6.42 Å². The van der Waals surface area contributed by atoms with Crippen LogP contribution in [0.4, 0.5) is 5.69 Å². The van der Waals surface area contributed by atoms with Crippen LogP contribution in [0.5, 0.6) is 0 Å². The highest BCUT2D eigenvalue weighted by Gasteiger charge is 2.21. The second kappa shape index (κ2) is 7.76. The highest BCUT2D eigenvalue weighted by Crippen LogP contribution is 2.25. The number of anilines is 1. The number of fused-ring (bicyclic) bond motifs is 1. The van der Waals surface area contributed by atoms with Gasteiger partial charge in [0, 0.05) is 18.4 Å². The van der Waals surface area contributed by atoms with Crippen molar-refractivity contribution in [1.82, 2.24) is 14.7 Å². The van der Waals surface area contributed by atoms with Crippen LogP contribution >= 0.6 is 23.2 Å². The number of benzene rings is 1. The average Bonchev–Trinajstić information content (AvgIpc) is 3.03. The number of pyridine rings is 1. The van der Waals surface area contributed by atoms with Gasteiger partial charge < -0.3 is 10.6 Å². The molecule has 2 aromatic heterocycles. The van der Waals surface area contributed by atoms with E-state index in [-0.39, 0.29) is 17.4 Å². The van der Waals surface area contributed by atoms with Crippen molar-refractivity contribution >= 4 is 46.2 Å². The number of nitrogens with one attached hydrogen (secondary N) is 2. The van der Waals surface area contributed by atoms with Crippen LogP contribution in [0, 0.1) is 0 Å². The number of hydrogen-bond acceptors (Lipinski definition) is 3. The first-order valence-corrected chi connectivity index (χ1v) is 8.78. The van der Waals surface area contributed by atoms with E-state index >= 15 is 0 Å². The number of carbonyl (C=O) groups excluding carboxylic acids is 2. The second-order valence-electron chi connectivity index (χ2n) is 5.58. The van der Waals surface area contributed by atoms with Crippen molar-refractivity contribution in [1.29, 1.82) is 0 Å². The molecule has 8 heteroatoms. The molecule has 134 valence electrons. The van der Waals surface area contributed by atoms with Crippen molar-refractivity contribution < 1.29 is 9.59 Å². The predicted octanol–water partition coefficient (Wildman–Crippen LogP) is 4.03. The third kappa shape index (κ3) is 3.66. The summed E-state index contributed by atoms with van der Waals surface area (Å²) in [6.45, 7) is 2.50. The molecule has 0 atom stereocenters. The van der Waals surface area contributed by atoms with Gasteiger partial charge in [-0.3, -0.25) is 14.0 Å². The molecule has 26 heavy (non-hydrogen) atoms. The summed E-state index contributed by atoms with van der Waals surface area (Å²) in [6, 6.07) is 10.1. The lowest BCUT2D eigenvalue weighted by molar-refractivity contribution is 0.0951. The minimum absolute atomic E-state index is 0.105. The van der Waals surface area contributed by atoms with Gasteiger partial charge in [0.05, 0.1) is 15.6 Å². The van der Waals surface area contributed by atoms with Gasteiger partial charge in [-0.05, 0) is 36.8 Å². The fourth-order valence-electron chi connectivity index (χ4n) is 2.45. The van der Waals surface area contributed by atoms with Crippen LogP contribution in [-0.2, 0) is 0 Å². The molecule has 3 rings (SSSR count). The minimum Gasteiger partial charge on any atom is -0.351 e. The first-order valence-electron chi connectivity index (χ1n) is 8.03. The molecule has 2 N–H and O–H groups in total. The van der Waals surface area contributed by atoms with E-state index in [1.165, 1.54) is 0 Å². The molecule has 0 aliphatic heterocycles. The molecular weight excluding hydrogens is 375 g/mol. The van der Waals surface area contributed by atoms with E-state index in [1.54, 1.807) is 47.0 Å². The van der Waals surface area contributed by atoms with Gasteiger partial charge in [-0.25, -0.2) is 4.98 Å². The SMILES string of the molecule is CCCNC(=O)c1nc(C(=O)Nc2ccc(Cl)c(Cl)c2)n2ccccc12. The maximum atomic E-state index is 12.7. The van der Waals surface area contributed by atoms with E-state index in [1.807, 2.05) is 6.92 Å². The lowest BCUT2D eigenvalue weighted by atomic mass is 10.3. The van der Waals surface area contributed by atoms with Crippen molar-refractivity contribution in [3.63, 3.8) is 0 Å². The first kappa shape index (κ1) is 18.2. The molecule has 0 saturated heterocycles. The standard InChI is InChI=1S/C18H16Cl2N4O2/c1-2-8-21-17(25)15-14-5-3-4-9-24(14)16(23-15)18(26)22-11-6-7-12(19)13(20)10-11/h3-7,9-10H,2,8H2,1H3,(H,21,25)(H,22,26). The fourth-order valence-corrected chi connectivity index (χ4v) is 2.75. The maximum Gasteiger partial charge on any atom is 0.292 e. The van der Waals surface area contributed by atoms with E-state index in [2.05, 4.69) is 15.6 Å². The summed E-state index contributed by atoms with van der Waals surface area (Å²) in [7, 11) is 0. The molecule has 3 aromatic rings. The minimum atomic E-state index is -0.459. The molecule has 2 heterocycles. The number of amides is 2. The Kier molecular flexibility index (Phi) is 5.44. The Morgan fingerprint density at radius 1 is 1.12 bits per heavy atom. The quantitative estimate of drug-likeness (QED) is 0.690. The van der Waals surface area contributed by atoms with Crippen LogP contribution in [0.25, 0.3) is 5.52 Å². The molecule has 0 bridgehead atoms. The zero-order valence-corrected chi connectivity index (χ0v) is 15.4. The zero-order valence-electron chi connectivity index (χ0n) is 13.9. The normalized spacial score (nSPS) is 10.7. The first-order chi connectivity index (χ1) is 12.5. The van der Waals surface area contributed by atoms with Gasteiger partial charge in [-0.15, -0.1) is 0 Å². The Labute approximate surface area is 160 Å². The highest BCUT2D eigenvalue weighted by atomic mass is 35.5. The van der Waals surface area contributed by atoms with E-state index < -0.39 is 5.91 Å². The molecule has 0 aliphatic rings. The fraction of sp³-hybridized carbons (Fsp3) is 0.167. The Hall–Kier alpha value is -2.57.